The highest BCUT2D eigenvalue weighted by molar-refractivity contribution is 7.98. The largest absolute Gasteiger partial charge is 0.276 e. The smallest absolute Gasteiger partial charge is 0.233 e. The average Bonchev–Trinajstić information content (AvgIpc) is 3.09. The molecule has 3 atom stereocenters. The quantitative estimate of drug-likeness (QED) is 0.0606. The minimum absolute atomic E-state index is 0.000514. The van der Waals surface area contributed by atoms with Crippen LogP contribution in [-0.4, -0.2) is 76.1 Å². The zero-order valence-corrected chi connectivity index (χ0v) is 34.7. The Morgan fingerprint density at radius 1 is 0.796 bits per heavy atom. The van der Waals surface area contributed by atoms with E-state index in [0.29, 0.717) is 56.4 Å². The van der Waals surface area contributed by atoms with E-state index in [2.05, 4.69) is 22.1 Å². The summed E-state index contributed by atoms with van der Waals surface area (Å²) in [7, 11) is -3.84. The SMILES string of the molecule is CC(C)C[C@@H](C(CCC[C@H](CSCc1cnc2ccccc2c1)CN(C=O)OC(C)(C)C)S(=O)(=O)Cc1cnc2ccccc2c1)N(C=O)OC(C)(C)C. The van der Waals surface area contributed by atoms with Crippen molar-refractivity contribution >= 4 is 56.2 Å². The Kier molecular flexibility index (Phi) is 15.4. The van der Waals surface area contributed by atoms with Crippen molar-refractivity contribution in [2.24, 2.45) is 11.8 Å². The lowest BCUT2D eigenvalue weighted by Gasteiger charge is -2.38. The molecular weight excluding hydrogens is 721 g/mol. The number of fused-ring (bicyclic) bond motifs is 2. The molecule has 2 aromatic heterocycles. The van der Waals surface area contributed by atoms with Gasteiger partial charge in [0.1, 0.15) is 0 Å². The second kappa shape index (κ2) is 19.3. The highest BCUT2D eigenvalue weighted by Crippen LogP contribution is 2.31. The standard InChI is InChI=1S/C42H58N4O6S2/c1-31(2)20-39(46(30-48)52-42(6,7)8)40(54(49,50)28-34-22-36-16-10-12-18-38(36)44-24-34)19-13-14-32(25-45(29-47)51-41(3,4)5)26-53-27-33-21-35-15-9-11-17-37(35)43-23-33/h9-12,15-18,21-24,29-32,39-40H,13-14,19-20,25-28H2,1-8H3/t32-,39-,40?/m0/s1. The van der Waals surface area contributed by atoms with Crippen LogP contribution >= 0.6 is 11.8 Å². The van der Waals surface area contributed by atoms with Crippen molar-refractivity contribution in [3.8, 4) is 0 Å². The van der Waals surface area contributed by atoms with Gasteiger partial charge in [-0.1, -0.05) is 56.7 Å². The van der Waals surface area contributed by atoms with E-state index in [0.717, 1.165) is 33.1 Å². The van der Waals surface area contributed by atoms with Gasteiger partial charge in [-0.2, -0.15) is 11.8 Å². The minimum Gasteiger partial charge on any atom is -0.276 e. The molecule has 0 saturated carbocycles. The number of sulfone groups is 1. The van der Waals surface area contributed by atoms with Gasteiger partial charge >= 0.3 is 0 Å². The van der Waals surface area contributed by atoms with E-state index in [1.165, 1.54) is 10.1 Å². The van der Waals surface area contributed by atoms with Gasteiger partial charge in [0, 0.05) is 28.9 Å². The molecule has 0 bridgehead atoms. The molecule has 0 aliphatic heterocycles. The summed E-state index contributed by atoms with van der Waals surface area (Å²) in [5.41, 5.74) is 2.15. The van der Waals surface area contributed by atoms with Crippen molar-refractivity contribution < 1.29 is 27.7 Å². The maximum absolute atomic E-state index is 14.6. The topological polar surface area (TPSA) is 119 Å². The zero-order valence-electron chi connectivity index (χ0n) is 33.1. The fourth-order valence-electron chi connectivity index (χ4n) is 6.61. The van der Waals surface area contributed by atoms with Gasteiger partial charge in [-0.25, -0.2) is 18.5 Å². The molecule has 2 aromatic carbocycles. The number of rotatable bonds is 21. The number of carbonyl (C=O) groups excluding carboxylic acids is 2. The van der Waals surface area contributed by atoms with Crippen LogP contribution in [0.4, 0.5) is 0 Å². The summed E-state index contributed by atoms with van der Waals surface area (Å²) in [6.07, 6.45) is 6.78. The number of carbonyl (C=O) groups is 2. The van der Waals surface area contributed by atoms with Crippen molar-refractivity contribution in [2.45, 2.75) is 115 Å². The highest BCUT2D eigenvalue weighted by Gasteiger charge is 2.39. The second-order valence-corrected chi connectivity index (χ2v) is 19.8. The zero-order chi connectivity index (χ0) is 39.5. The number of hydroxylamine groups is 4. The van der Waals surface area contributed by atoms with Gasteiger partial charge in [0.2, 0.25) is 12.8 Å². The molecule has 4 aromatic rings. The number of aromatic nitrogens is 2. The fraction of sp³-hybridized carbons (Fsp3) is 0.524. The molecule has 0 aliphatic carbocycles. The molecule has 0 radical (unpaired) electrons. The Labute approximate surface area is 326 Å². The molecule has 0 fully saturated rings. The molecule has 0 saturated heterocycles. The molecule has 10 nitrogen and oxygen atoms in total. The lowest BCUT2D eigenvalue weighted by atomic mass is 9.95. The van der Waals surface area contributed by atoms with Crippen LogP contribution in [0.2, 0.25) is 0 Å². The first-order valence-electron chi connectivity index (χ1n) is 18.8. The maximum Gasteiger partial charge on any atom is 0.233 e. The minimum atomic E-state index is -3.84. The van der Waals surface area contributed by atoms with Crippen LogP contribution in [0.3, 0.4) is 0 Å². The Hall–Kier alpha value is -3.58. The molecule has 2 heterocycles. The molecule has 1 unspecified atom stereocenters. The van der Waals surface area contributed by atoms with Crippen LogP contribution in [0.5, 0.6) is 0 Å². The van der Waals surface area contributed by atoms with Crippen LogP contribution in [0, 0.1) is 11.8 Å². The summed E-state index contributed by atoms with van der Waals surface area (Å²) < 4.78 is 29.2. The van der Waals surface area contributed by atoms with Crippen molar-refractivity contribution in [2.75, 3.05) is 12.3 Å². The molecule has 12 heteroatoms. The van der Waals surface area contributed by atoms with Crippen LogP contribution < -0.4 is 0 Å². The maximum atomic E-state index is 14.6. The number of nitrogens with zero attached hydrogens (tertiary/aromatic N) is 4. The number of thioether (sulfide) groups is 1. The number of para-hydroxylation sites is 2. The third kappa shape index (κ3) is 13.6. The summed E-state index contributed by atoms with van der Waals surface area (Å²) in [5.74, 6) is 1.32. The summed E-state index contributed by atoms with van der Waals surface area (Å²) in [4.78, 5) is 46.0. The summed E-state index contributed by atoms with van der Waals surface area (Å²) >= 11 is 1.75. The number of amides is 2. The third-order valence-electron chi connectivity index (χ3n) is 8.75. The van der Waals surface area contributed by atoms with Crippen molar-refractivity contribution in [1.82, 2.24) is 20.1 Å². The van der Waals surface area contributed by atoms with Gasteiger partial charge in [0.05, 0.1) is 45.8 Å². The van der Waals surface area contributed by atoms with E-state index in [4.69, 9.17) is 9.68 Å². The third-order valence-corrected chi connectivity index (χ3v) is 12.2. The molecule has 54 heavy (non-hydrogen) atoms. The van der Waals surface area contributed by atoms with Crippen LogP contribution in [-0.2, 0) is 40.6 Å². The second-order valence-electron chi connectivity index (χ2n) is 16.5. The van der Waals surface area contributed by atoms with Gasteiger partial charge in [-0.05, 0) is 114 Å². The lowest BCUT2D eigenvalue weighted by Crippen LogP contribution is -2.50. The number of pyridine rings is 2. The molecule has 0 spiro atoms. The van der Waals surface area contributed by atoms with E-state index in [9.17, 15) is 18.0 Å². The Balaban J connectivity index is 1.60. The molecule has 2 amide bonds. The first-order chi connectivity index (χ1) is 25.5. The van der Waals surface area contributed by atoms with Gasteiger partial charge in [-0.3, -0.25) is 29.2 Å². The Bertz CT molecular complexity index is 1930. The van der Waals surface area contributed by atoms with Gasteiger partial charge in [-0.15, -0.1) is 0 Å². The average molecular weight is 779 g/mol. The molecule has 4 rings (SSSR count). The highest BCUT2D eigenvalue weighted by atomic mass is 32.2. The monoisotopic (exact) mass is 778 g/mol. The first-order valence-corrected chi connectivity index (χ1v) is 21.6. The van der Waals surface area contributed by atoms with E-state index in [-0.39, 0.29) is 17.6 Å². The van der Waals surface area contributed by atoms with Gasteiger partial charge in [0.25, 0.3) is 0 Å². The fourth-order valence-corrected chi connectivity index (χ4v) is 9.80. The molecular formula is C42H58N4O6S2. The lowest BCUT2D eigenvalue weighted by molar-refractivity contribution is -0.234. The van der Waals surface area contributed by atoms with E-state index < -0.39 is 32.3 Å². The van der Waals surface area contributed by atoms with E-state index in [1.807, 2.05) is 110 Å². The number of hydrogen-bond acceptors (Lipinski definition) is 9. The molecule has 0 aliphatic rings. The summed E-state index contributed by atoms with van der Waals surface area (Å²) in [6.45, 7) is 15.6. The van der Waals surface area contributed by atoms with Crippen LogP contribution in [0.15, 0.2) is 73.1 Å². The van der Waals surface area contributed by atoms with E-state index in [1.54, 1.807) is 18.0 Å². The normalized spacial score (nSPS) is 14.2. The van der Waals surface area contributed by atoms with Crippen molar-refractivity contribution in [3.63, 3.8) is 0 Å². The first kappa shape index (κ1) is 43.2. The van der Waals surface area contributed by atoms with E-state index >= 15 is 0 Å². The molecule has 0 N–H and O–H groups in total. The Morgan fingerprint density at radius 3 is 1.93 bits per heavy atom. The Morgan fingerprint density at radius 2 is 1.37 bits per heavy atom. The number of benzene rings is 2. The predicted octanol–water partition coefficient (Wildman–Crippen LogP) is 8.58. The number of hydrogen-bond donors (Lipinski definition) is 0. The summed E-state index contributed by atoms with van der Waals surface area (Å²) in [5, 5.41) is 3.63. The van der Waals surface area contributed by atoms with Gasteiger partial charge < -0.3 is 0 Å². The summed E-state index contributed by atoms with van der Waals surface area (Å²) in [6, 6.07) is 18.9. The van der Waals surface area contributed by atoms with Gasteiger partial charge in [0.15, 0.2) is 9.84 Å². The van der Waals surface area contributed by atoms with Crippen molar-refractivity contribution in [1.29, 1.82) is 0 Å². The predicted molar refractivity (Wildman–Crippen MR) is 219 cm³/mol. The molecule has 294 valence electrons. The van der Waals surface area contributed by atoms with Crippen LogP contribution in [0.1, 0.15) is 92.2 Å². The van der Waals surface area contributed by atoms with Crippen molar-refractivity contribution in [3.05, 3.63) is 84.2 Å². The van der Waals surface area contributed by atoms with Crippen LogP contribution in [0.25, 0.3) is 21.8 Å².